The first kappa shape index (κ1) is 16.4. The molecule has 112 valence electrons. The van der Waals surface area contributed by atoms with Gasteiger partial charge in [0.2, 0.25) is 0 Å². The van der Waals surface area contributed by atoms with Gasteiger partial charge in [-0.25, -0.2) is 0 Å². The Bertz CT molecular complexity index is 719. The van der Waals surface area contributed by atoms with Gasteiger partial charge in [0, 0.05) is 27.8 Å². The van der Waals surface area contributed by atoms with Crippen LogP contribution in [0.2, 0.25) is 0 Å². The van der Waals surface area contributed by atoms with E-state index in [1.807, 2.05) is 36.6 Å². The van der Waals surface area contributed by atoms with Crippen LogP contribution >= 0.6 is 33.9 Å². The van der Waals surface area contributed by atoms with E-state index in [-0.39, 0.29) is 5.91 Å². The molecule has 6 heteroatoms. The number of hydrogen-bond acceptors (Lipinski definition) is 3. The Labute approximate surface area is 141 Å². The highest BCUT2D eigenvalue weighted by molar-refractivity contribution is 14.1. The van der Waals surface area contributed by atoms with Gasteiger partial charge < -0.3 is 9.30 Å². The van der Waals surface area contributed by atoms with Gasteiger partial charge in [-0.05, 0) is 48.6 Å². The molecule has 2 aromatic rings. The zero-order chi connectivity index (χ0) is 15.4. The number of aryl methyl sites for hydroxylation is 1. The van der Waals surface area contributed by atoms with Crippen molar-refractivity contribution in [1.29, 1.82) is 0 Å². The summed E-state index contributed by atoms with van der Waals surface area (Å²) < 4.78 is 8.08. The molecule has 0 saturated heterocycles. The first-order valence-corrected chi connectivity index (χ1v) is 8.43. The van der Waals surface area contributed by atoms with Crippen molar-refractivity contribution in [1.82, 2.24) is 4.57 Å². The van der Waals surface area contributed by atoms with Crippen LogP contribution in [0.1, 0.15) is 20.9 Å². The quantitative estimate of drug-likeness (QED) is 0.719. The van der Waals surface area contributed by atoms with Crippen LogP contribution < -0.4 is 4.80 Å². The molecule has 0 atom stereocenters. The minimum atomic E-state index is -0.201. The van der Waals surface area contributed by atoms with Gasteiger partial charge in [0.25, 0.3) is 5.91 Å². The predicted molar refractivity (Wildman–Crippen MR) is 92.7 cm³/mol. The molecule has 4 nitrogen and oxygen atoms in total. The van der Waals surface area contributed by atoms with Gasteiger partial charge in [0.15, 0.2) is 4.80 Å². The molecule has 1 aromatic heterocycles. The zero-order valence-corrected chi connectivity index (χ0v) is 15.2. The average Bonchev–Trinajstić information content (AvgIpc) is 2.72. The van der Waals surface area contributed by atoms with Crippen molar-refractivity contribution in [2.75, 3.05) is 13.7 Å². The number of carbonyl (C=O) groups excluding carboxylic acids is 1. The van der Waals surface area contributed by atoms with Crippen LogP contribution in [0.4, 0.5) is 0 Å². The highest BCUT2D eigenvalue weighted by Gasteiger charge is 2.11. The fraction of sp³-hybridized carbons (Fsp3) is 0.333. The molecule has 1 heterocycles. The third-order valence-corrected chi connectivity index (χ3v) is 5.25. The number of ether oxygens (including phenoxy) is 1. The van der Waals surface area contributed by atoms with Crippen LogP contribution in [-0.2, 0) is 11.3 Å². The summed E-state index contributed by atoms with van der Waals surface area (Å²) in [4.78, 5) is 18.6. The summed E-state index contributed by atoms with van der Waals surface area (Å²) in [5, 5.41) is 0. The van der Waals surface area contributed by atoms with E-state index in [4.69, 9.17) is 4.74 Å². The maximum atomic E-state index is 12.4. The molecule has 0 radical (unpaired) electrons. The molecule has 0 aliphatic carbocycles. The molecule has 0 aliphatic rings. The SMILES string of the molecule is COCCn1c(C)c(C)s/c1=N\C(=O)c1ccccc1I. The molecule has 0 bridgehead atoms. The lowest BCUT2D eigenvalue weighted by molar-refractivity contribution is 0.0996. The summed E-state index contributed by atoms with van der Waals surface area (Å²) in [7, 11) is 1.67. The van der Waals surface area contributed by atoms with Gasteiger partial charge in [-0.2, -0.15) is 4.99 Å². The Morgan fingerprint density at radius 1 is 1.38 bits per heavy atom. The number of hydrogen-bond donors (Lipinski definition) is 0. The van der Waals surface area contributed by atoms with Crippen LogP contribution in [0, 0.1) is 17.4 Å². The van der Waals surface area contributed by atoms with Crippen LogP contribution in [0.3, 0.4) is 0 Å². The van der Waals surface area contributed by atoms with Gasteiger partial charge in [-0.15, -0.1) is 11.3 Å². The van der Waals surface area contributed by atoms with Crippen molar-refractivity contribution >= 4 is 39.8 Å². The molecule has 0 saturated carbocycles. The normalized spacial score (nSPS) is 11.9. The van der Waals surface area contributed by atoms with Gasteiger partial charge >= 0.3 is 0 Å². The number of rotatable bonds is 4. The maximum Gasteiger partial charge on any atom is 0.280 e. The largest absolute Gasteiger partial charge is 0.383 e. The van der Waals surface area contributed by atoms with Crippen molar-refractivity contribution < 1.29 is 9.53 Å². The van der Waals surface area contributed by atoms with Gasteiger partial charge in [-0.1, -0.05) is 12.1 Å². The van der Waals surface area contributed by atoms with E-state index in [9.17, 15) is 4.79 Å². The molecule has 0 fully saturated rings. The van der Waals surface area contributed by atoms with E-state index in [1.165, 1.54) is 16.2 Å². The van der Waals surface area contributed by atoms with E-state index in [1.54, 1.807) is 13.2 Å². The summed E-state index contributed by atoms with van der Waals surface area (Å²) in [6.45, 7) is 5.38. The number of amides is 1. The molecule has 1 amide bonds. The number of thiazole rings is 1. The van der Waals surface area contributed by atoms with Crippen molar-refractivity contribution in [2.24, 2.45) is 4.99 Å². The first-order valence-electron chi connectivity index (χ1n) is 6.54. The smallest absolute Gasteiger partial charge is 0.280 e. The van der Waals surface area contributed by atoms with Crippen LogP contribution in [0.15, 0.2) is 29.3 Å². The molecule has 0 unspecified atom stereocenters. The second-order valence-electron chi connectivity index (χ2n) is 4.57. The Morgan fingerprint density at radius 3 is 2.76 bits per heavy atom. The number of aromatic nitrogens is 1. The summed E-state index contributed by atoms with van der Waals surface area (Å²) in [5.74, 6) is -0.201. The van der Waals surface area contributed by atoms with Crippen molar-refractivity contribution in [3.8, 4) is 0 Å². The van der Waals surface area contributed by atoms with E-state index in [2.05, 4.69) is 27.6 Å². The Balaban J connectivity index is 2.43. The fourth-order valence-corrected chi connectivity index (χ4v) is 3.53. The first-order chi connectivity index (χ1) is 10.0. The standard InChI is InChI=1S/C15H17IN2O2S/c1-10-11(2)21-15(18(10)8-9-20-3)17-14(19)12-6-4-5-7-13(12)16/h4-7H,8-9H2,1-3H3/b17-15-. The highest BCUT2D eigenvalue weighted by Crippen LogP contribution is 2.13. The Kier molecular flexibility index (Phi) is 5.72. The van der Waals surface area contributed by atoms with Crippen molar-refractivity contribution in [3.05, 3.63) is 48.8 Å². The molecule has 0 N–H and O–H groups in total. The zero-order valence-electron chi connectivity index (χ0n) is 12.2. The minimum Gasteiger partial charge on any atom is -0.383 e. The summed E-state index contributed by atoms with van der Waals surface area (Å²) in [6.07, 6.45) is 0. The molecular formula is C15H17IN2O2S. The van der Waals surface area contributed by atoms with Gasteiger partial charge in [-0.3, -0.25) is 4.79 Å². The molecule has 21 heavy (non-hydrogen) atoms. The number of halogens is 1. The monoisotopic (exact) mass is 416 g/mol. The summed E-state index contributed by atoms with van der Waals surface area (Å²) >= 11 is 3.70. The van der Waals surface area contributed by atoms with E-state index in [0.717, 1.165) is 14.1 Å². The third kappa shape index (κ3) is 3.81. The lowest BCUT2D eigenvalue weighted by Crippen LogP contribution is -2.20. The minimum absolute atomic E-state index is 0.201. The molecule has 1 aromatic carbocycles. The summed E-state index contributed by atoms with van der Waals surface area (Å²) in [5.41, 5.74) is 1.77. The Morgan fingerprint density at radius 2 is 2.10 bits per heavy atom. The fourth-order valence-electron chi connectivity index (χ4n) is 1.91. The maximum absolute atomic E-state index is 12.4. The van der Waals surface area contributed by atoms with Crippen molar-refractivity contribution in [2.45, 2.75) is 20.4 Å². The van der Waals surface area contributed by atoms with E-state index in [0.29, 0.717) is 18.7 Å². The second-order valence-corrected chi connectivity index (χ2v) is 6.91. The highest BCUT2D eigenvalue weighted by atomic mass is 127. The third-order valence-electron chi connectivity index (χ3n) is 3.21. The van der Waals surface area contributed by atoms with Crippen molar-refractivity contribution in [3.63, 3.8) is 0 Å². The predicted octanol–water partition coefficient (Wildman–Crippen LogP) is 3.16. The van der Waals surface area contributed by atoms with Crippen LogP contribution in [0.25, 0.3) is 0 Å². The molecular weight excluding hydrogens is 399 g/mol. The number of benzene rings is 1. The van der Waals surface area contributed by atoms with Gasteiger partial charge in [0.1, 0.15) is 0 Å². The molecule has 0 aliphatic heterocycles. The lowest BCUT2D eigenvalue weighted by Gasteiger charge is -2.05. The molecule has 0 spiro atoms. The van der Waals surface area contributed by atoms with E-state index >= 15 is 0 Å². The number of methoxy groups -OCH3 is 1. The van der Waals surface area contributed by atoms with Crippen LogP contribution in [-0.4, -0.2) is 24.2 Å². The molecule has 2 rings (SSSR count). The lowest BCUT2D eigenvalue weighted by atomic mass is 10.2. The van der Waals surface area contributed by atoms with Crippen LogP contribution in [0.5, 0.6) is 0 Å². The van der Waals surface area contributed by atoms with Gasteiger partial charge in [0.05, 0.1) is 12.2 Å². The Hall–Kier alpha value is -0.990. The average molecular weight is 416 g/mol. The summed E-state index contributed by atoms with van der Waals surface area (Å²) in [6, 6.07) is 7.49. The second kappa shape index (κ2) is 7.33. The number of nitrogens with zero attached hydrogens (tertiary/aromatic N) is 2. The number of carbonyl (C=O) groups is 1. The topological polar surface area (TPSA) is 43.6 Å². The van der Waals surface area contributed by atoms with E-state index < -0.39 is 0 Å².